The highest BCUT2D eigenvalue weighted by Crippen LogP contribution is 2.53. The predicted molar refractivity (Wildman–Crippen MR) is 114 cm³/mol. The molecule has 0 aliphatic heterocycles. The van der Waals surface area contributed by atoms with E-state index in [1.165, 1.54) is 11.1 Å². The first-order chi connectivity index (χ1) is 13.2. The molecule has 2 aromatic carbocycles. The van der Waals surface area contributed by atoms with Gasteiger partial charge in [0, 0.05) is 23.6 Å². The molecule has 2 aromatic rings. The topological polar surface area (TPSA) is 52.6 Å². The summed E-state index contributed by atoms with van der Waals surface area (Å²) >= 11 is 0. The Morgan fingerprint density at radius 2 is 1.82 bits per heavy atom. The van der Waals surface area contributed by atoms with Crippen LogP contribution < -0.4 is 5.32 Å². The van der Waals surface area contributed by atoms with Crippen molar-refractivity contribution in [2.24, 2.45) is 0 Å². The fraction of sp³-hybridized carbons (Fsp3) is 0.375. The highest BCUT2D eigenvalue weighted by Gasteiger charge is 2.51. The average Bonchev–Trinajstić information content (AvgIpc) is 3.22. The van der Waals surface area contributed by atoms with Gasteiger partial charge >= 0.3 is 0 Å². The zero-order chi connectivity index (χ0) is 20.5. The molecule has 2 atom stereocenters. The van der Waals surface area contributed by atoms with Gasteiger partial charge in [0.15, 0.2) is 0 Å². The summed E-state index contributed by atoms with van der Waals surface area (Å²) < 4.78 is 0. The number of nitrogens with zero attached hydrogens (tertiary/aromatic N) is 1. The first-order valence-corrected chi connectivity index (χ1v) is 9.75. The lowest BCUT2D eigenvalue weighted by atomic mass is 9.90. The van der Waals surface area contributed by atoms with E-state index in [0.29, 0.717) is 6.54 Å². The van der Waals surface area contributed by atoms with Gasteiger partial charge in [-0.05, 0) is 75.7 Å². The summed E-state index contributed by atoms with van der Waals surface area (Å²) in [6.07, 6.45) is 0.813. The molecule has 1 aliphatic rings. The van der Waals surface area contributed by atoms with Crippen LogP contribution in [0.1, 0.15) is 30.5 Å². The number of carbonyl (C=O) groups excluding carboxylic acids is 1. The number of nitrogens with one attached hydrogen (secondary N) is 1. The second-order valence-electron chi connectivity index (χ2n) is 8.13. The van der Waals surface area contributed by atoms with Gasteiger partial charge in [-0.15, -0.1) is 0 Å². The smallest absolute Gasteiger partial charge is 0.248 e. The largest absolute Gasteiger partial charge is 0.508 e. The first kappa shape index (κ1) is 20.2. The van der Waals surface area contributed by atoms with Crippen LogP contribution in [0.15, 0.2) is 59.7 Å². The fourth-order valence-corrected chi connectivity index (χ4v) is 3.96. The van der Waals surface area contributed by atoms with Crippen LogP contribution in [0.4, 0.5) is 0 Å². The van der Waals surface area contributed by atoms with Crippen LogP contribution in [0, 0.1) is 6.92 Å². The number of phenolic OH excluding ortho intramolecular Hbond substituents is 1. The van der Waals surface area contributed by atoms with Gasteiger partial charge in [0.25, 0.3) is 0 Å². The van der Waals surface area contributed by atoms with Crippen LogP contribution in [0.25, 0.3) is 0 Å². The number of aryl methyl sites for hydroxylation is 1. The van der Waals surface area contributed by atoms with Gasteiger partial charge in [-0.1, -0.05) is 36.4 Å². The van der Waals surface area contributed by atoms with E-state index in [4.69, 9.17) is 0 Å². The highest BCUT2D eigenvalue weighted by molar-refractivity contribution is 6.04. The van der Waals surface area contributed by atoms with Crippen molar-refractivity contribution in [3.05, 3.63) is 76.4 Å². The maximum Gasteiger partial charge on any atom is 0.248 e. The fourth-order valence-electron chi connectivity index (χ4n) is 3.96. The Hall–Kier alpha value is -2.59. The molecule has 0 aromatic heterocycles. The van der Waals surface area contributed by atoms with E-state index in [0.717, 1.165) is 23.1 Å². The number of amides is 1. The molecule has 0 fully saturated rings. The molecule has 1 aliphatic carbocycles. The van der Waals surface area contributed by atoms with Crippen LogP contribution in [-0.2, 0) is 16.6 Å². The summed E-state index contributed by atoms with van der Waals surface area (Å²) in [5, 5.41) is 12.8. The van der Waals surface area contributed by atoms with E-state index in [1.54, 1.807) is 12.1 Å². The summed E-state index contributed by atoms with van der Waals surface area (Å²) in [6, 6.07) is 15.8. The molecule has 1 amide bonds. The third kappa shape index (κ3) is 3.83. The van der Waals surface area contributed by atoms with Crippen LogP contribution in [-0.4, -0.2) is 42.6 Å². The molecule has 0 saturated carbocycles. The summed E-state index contributed by atoms with van der Waals surface area (Å²) in [5.74, 6) is 0.311. The zero-order valence-corrected chi connectivity index (χ0v) is 17.4. The molecule has 28 heavy (non-hydrogen) atoms. The minimum atomic E-state index is -0.244. The van der Waals surface area contributed by atoms with Gasteiger partial charge in [0.2, 0.25) is 5.91 Å². The highest BCUT2D eigenvalue weighted by atomic mass is 16.3. The number of rotatable bonds is 7. The standard InChI is InChI=1S/C24H30N2O2/c1-16-13-21(27)12-11-18(16)14-20(26(4)5)15-25-23(28)22-17(2)24(22,3)19-9-7-6-8-10-19/h6-13,20,27H,14-15H2,1-5H3,(H,25,28)/t20-,24+/m0/s1. The molecule has 148 valence electrons. The number of allylic oxidation sites excluding steroid dienone is 1. The predicted octanol–water partition coefficient (Wildman–Crippen LogP) is 3.58. The van der Waals surface area contributed by atoms with Crippen molar-refractivity contribution in [2.75, 3.05) is 20.6 Å². The van der Waals surface area contributed by atoms with Gasteiger partial charge in [0.05, 0.1) is 0 Å². The van der Waals surface area contributed by atoms with E-state index in [2.05, 4.69) is 29.3 Å². The van der Waals surface area contributed by atoms with Crippen molar-refractivity contribution in [3.63, 3.8) is 0 Å². The summed E-state index contributed by atoms with van der Waals surface area (Å²) in [4.78, 5) is 15.0. The third-order valence-electron chi connectivity index (χ3n) is 6.15. The number of hydrogen-bond donors (Lipinski definition) is 2. The second kappa shape index (κ2) is 7.80. The molecular formula is C24H30N2O2. The van der Waals surface area contributed by atoms with E-state index in [1.807, 2.05) is 52.2 Å². The minimum absolute atomic E-state index is 0.0260. The molecule has 0 heterocycles. The normalized spacial score (nSPS) is 19.6. The molecule has 2 N–H and O–H groups in total. The molecule has 0 saturated heterocycles. The van der Waals surface area contributed by atoms with Crippen LogP contribution in [0.5, 0.6) is 5.75 Å². The maximum atomic E-state index is 12.9. The lowest BCUT2D eigenvalue weighted by Gasteiger charge is -2.25. The van der Waals surface area contributed by atoms with Crippen molar-refractivity contribution < 1.29 is 9.90 Å². The van der Waals surface area contributed by atoms with Crippen LogP contribution >= 0.6 is 0 Å². The minimum Gasteiger partial charge on any atom is -0.508 e. The number of aromatic hydroxyl groups is 1. The summed E-state index contributed by atoms with van der Waals surface area (Å²) in [5.41, 5.74) is 5.20. The summed E-state index contributed by atoms with van der Waals surface area (Å²) in [6.45, 7) is 6.75. The lowest BCUT2D eigenvalue weighted by Crippen LogP contribution is -2.42. The first-order valence-electron chi connectivity index (χ1n) is 9.75. The van der Waals surface area contributed by atoms with E-state index >= 15 is 0 Å². The number of benzene rings is 2. The zero-order valence-electron chi connectivity index (χ0n) is 17.4. The molecule has 0 unspecified atom stereocenters. The molecule has 0 spiro atoms. The van der Waals surface area contributed by atoms with E-state index in [-0.39, 0.29) is 23.1 Å². The van der Waals surface area contributed by atoms with Gasteiger partial charge in [0.1, 0.15) is 5.75 Å². The molecule has 0 bridgehead atoms. The maximum absolute atomic E-state index is 12.9. The summed E-state index contributed by atoms with van der Waals surface area (Å²) in [7, 11) is 4.06. The second-order valence-corrected chi connectivity index (χ2v) is 8.13. The number of carbonyl (C=O) groups is 1. The van der Waals surface area contributed by atoms with Crippen molar-refractivity contribution in [2.45, 2.75) is 38.6 Å². The van der Waals surface area contributed by atoms with Crippen molar-refractivity contribution in [1.29, 1.82) is 0 Å². The molecule has 0 radical (unpaired) electrons. The van der Waals surface area contributed by atoms with Crippen LogP contribution in [0.3, 0.4) is 0 Å². The van der Waals surface area contributed by atoms with Crippen LogP contribution in [0.2, 0.25) is 0 Å². The molecule has 3 rings (SSSR count). The Morgan fingerprint density at radius 3 is 2.43 bits per heavy atom. The van der Waals surface area contributed by atoms with E-state index < -0.39 is 0 Å². The lowest BCUT2D eigenvalue weighted by molar-refractivity contribution is -0.117. The number of likely N-dealkylation sites (N-methyl/N-ethyl adjacent to an activating group) is 1. The van der Waals surface area contributed by atoms with Crippen molar-refractivity contribution >= 4 is 5.91 Å². The Kier molecular flexibility index (Phi) is 5.61. The monoisotopic (exact) mass is 378 g/mol. The SMILES string of the molecule is CC1=C(C(=O)NC[C@H](Cc2ccc(O)cc2C)N(C)C)[C@@]1(C)c1ccccc1. The molecule has 4 nitrogen and oxygen atoms in total. The Bertz CT molecular complexity index is 902. The van der Waals surface area contributed by atoms with Gasteiger partial charge < -0.3 is 15.3 Å². The van der Waals surface area contributed by atoms with E-state index in [9.17, 15) is 9.90 Å². The Labute approximate surface area is 167 Å². The van der Waals surface area contributed by atoms with Crippen molar-refractivity contribution in [3.8, 4) is 5.75 Å². The number of hydrogen-bond acceptors (Lipinski definition) is 3. The molecule has 4 heteroatoms. The average molecular weight is 379 g/mol. The van der Waals surface area contributed by atoms with Crippen molar-refractivity contribution in [1.82, 2.24) is 10.2 Å². The Balaban J connectivity index is 1.65. The van der Waals surface area contributed by atoms with Gasteiger partial charge in [-0.2, -0.15) is 0 Å². The quantitative estimate of drug-likeness (QED) is 0.774. The number of phenols is 1. The Morgan fingerprint density at radius 1 is 1.14 bits per heavy atom. The van der Waals surface area contributed by atoms with Gasteiger partial charge in [-0.3, -0.25) is 4.79 Å². The third-order valence-corrected chi connectivity index (χ3v) is 6.15. The van der Waals surface area contributed by atoms with Gasteiger partial charge in [-0.25, -0.2) is 0 Å². The molecular weight excluding hydrogens is 348 g/mol.